The summed E-state index contributed by atoms with van der Waals surface area (Å²) in [6.45, 7) is 0. The van der Waals surface area contributed by atoms with Crippen molar-refractivity contribution in [1.29, 1.82) is 0 Å². The van der Waals surface area contributed by atoms with Crippen molar-refractivity contribution in [3.05, 3.63) is 53.6 Å². The summed E-state index contributed by atoms with van der Waals surface area (Å²) in [5, 5.41) is 13.3. The molecule has 0 atom stereocenters. The van der Waals surface area contributed by atoms with Gasteiger partial charge in [-0.25, -0.2) is 0 Å². The normalized spacial score (nSPS) is 14.9. The van der Waals surface area contributed by atoms with Gasteiger partial charge in [-0.2, -0.15) is 5.10 Å². The Morgan fingerprint density at radius 3 is 2.31 bits per heavy atom. The molecule has 0 unspecified atom stereocenters. The van der Waals surface area contributed by atoms with Crippen LogP contribution in [0.3, 0.4) is 0 Å². The molecule has 0 radical (unpaired) electrons. The Balaban J connectivity index is 2.40. The molecule has 2 aromatic rings. The quantitative estimate of drug-likeness (QED) is 0.441. The standard InChI is InChI=1S/C13H10N2O/c14-15-13-10-4-2-1-3-9(10)12-7-8(16)5-6-11(12)13/h1-7,16H,14H2/b15-13-. The Labute approximate surface area is 92.8 Å². The van der Waals surface area contributed by atoms with E-state index in [1.807, 2.05) is 30.3 Å². The number of hydrazone groups is 1. The second kappa shape index (κ2) is 3.10. The number of nitrogens with zero attached hydrogens (tertiary/aromatic N) is 1. The van der Waals surface area contributed by atoms with Crippen LogP contribution in [-0.4, -0.2) is 10.8 Å². The summed E-state index contributed by atoms with van der Waals surface area (Å²) in [4.78, 5) is 0. The van der Waals surface area contributed by atoms with Gasteiger partial charge < -0.3 is 10.9 Å². The molecule has 3 N–H and O–H groups in total. The smallest absolute Gasteiger partial charge is 0.116 e. The van der Waals surface area contributed by atoms with E-state index in [2.05, 4.69) is 5.10 Å². The molecular weight excluding hydrogens is 200 g/mol. The predicted octanol–water partition coefficient (Wildman–Crippen LogP) is 2.08. The first-order valence-electron chi connectivity index (χ1n) is 5.02. The number of benzene rings is 2. The van der Waals surface area contributed by atoms with Gasteiger partial charge in [0.15, 0.2) is 0 Å². The molecule has 0 spiro atoms. The summed E-state index contributed by atoms with van der Waals surface area (Å²) < 4.78 is 0. The van der Waals surface area contributed by atoms with Gasteiger partial charge in [0, 0.05) is 11.1 Å². The maximum Gasteiger partial charge on any atom is 0.116 e. The van der Waals surface area contributed by atoms with Crippen LogP contribution in [0.5, 0.6) is 5.75 Å². The van der Waals surface area contributed by atoms with E-state index >= 15 is 0 Å². The third kappa shape index (κ3) is 1.05. The zero-order chi connectivity index (χ0) is 11.1. The number of hydrogen-bond donors (Lipinski definition) is 2. The molecule has 0 bridgehead atoms. The Morgan fingerprint density at radius 1 is 0.875 bits per heavy atom. The molecule has 0 fully saturated rings. The summed E-state index contributed by atoms with van der Waals surface area (Å²) in [5.41, 5.74) is 4.83. The van der Waals surface area contributed by atoms with Crippen molar-refractivity contribution in [2.24, 2.45) is 10.9 Å². The van der Waals surface area contributed by atoms with Gasteiger partial charge in [-0.15, -0.1) is 0 Å². The molecule has 0 aromatic heterocycles. The predicted molar refractivity (Wildman–Crippen MR) is 63.4 cm³/mol. The summed E-state index contributed by atoms with van der Waals surface area (Å²) in [6.07, 6.45) is 0. The van der Waals surface area contributed by atoms with E-state index < -0.39 is 0 Å². The molecule has 0 saturated heterocycles. The molecule has 16 heavy (non-hydrogen) atoms. The molecule has 0 saturated carbocycles. The monoisotopic (exact) mass is 210 g/mol. The van der Waals surface area contributed by atoms with Crippen LogP contribution in [0.15, 0.2) is 47.6 Å². The van der Waals surface area contributed by atoms with Gasteiger partial charge in [-0.05, 0) is 29.3 Å². The van der Waals surface area contributed by atoms with Crippen molar-refractivity contribution in [3.8, 4) is 16.9 Å². The minimum absolute atomic E-state index is 0.256. The first-order valence-corrected chi connectivity index (χ1v) is 5.02. The van der Waals surface area contributed by atoms with Gasteiger partial charge in [0.05, 0.1) is 5.71 Å². The SMILES string of the molecule is N/N=C1/c2ccccc2-c2cc(O)ccc21. The lowest BCUT2D eigenvalue weighted by molar-refractivity contribution is 0.475. The van der Waals surface area contributed by atoms with E-state index in [1.54, 1.807) is 12.1 Å². The number of phenols is 1. The highest BCUT2D eigenvalue weighted by atomic mass is 16.3. The first kappa shape index (κ1) is 8.97. The third-order valence-corrected chi connectivity index (χ3v) is 2.86. The van der Waals surface area contributed by atoms with E-state index in [1.165, 1.54) is 0 Å². The van der Waals surface area contributed by atoms with Crippen LogP contribution in [0.1, 0.15) is 11.1 Å². The second-order valence-corrected chi connectivity index (χ2v) is 3.75. The average Bonchev–Trinajstić information content (AvgIpc) is 2.62. The van der Waals surface area contributed by atoms with Crippen LogP contribution >= 0.6 is 0 Å². The highest BCUT2D eigenvalue weighted by molar-refractivity contribution is 6.24. The number of fused-ring (bicyclic) bond motifs is 3. The lowest BCUT2D eigenvalue weighted by Gasteiger charge is -1.99. The fraction of sp³-hybridized carbons (Fsp3) is 0. The van der Waals surface area contributed by atoms with Gasteiger partial charge in [0.25, 0.3) is 0 Å². The maximum atomic E-state index is 9.51. The summed E-state index contributed by atoms with van der Waals surface area (Å²) in [6, 6.07) is 13.1. The molecule has 1 aliphatic carbocycles. The number of aromatic hydroxyl groups is 1. The molecule has 1 aliphatic rings. The lowest BCUT2D eigenvalue weighted by atomic mass is 10.1. The van der Waals surface area contributed by atoms with E-state index in [0.717, 1.165) is 28.0 Å². The number of phenolic OH excluding ortho intramolecular Hbond substituents is 1. The minimum atomic E-state index is 0.256. The summed E-state index contributed by atoms with van der Waals surface area (Å²) in [7, 11) is 0. The van der Waals surface area contributed by atoms with Crippen LogP contribution in [0.2, 0.25) is 0 Å². The van der Waals surface area contributed by atoms with Crippen LogP contribution in [0.25, 0.3) is 11.1 Å². The first-order chi connectivity index (χ1) is 7.81. The van der Waals surface area contributed by atoms with E-state index in [9.17, 15) is 5.11 Å². The average molecular weight is 210 g/mol. The fourth-order valence-corrected chi connectivity index (χ4v) is 2.17. The summed E-state index contributed by atoms with van der Waals surface area (Å²) >= 11 is 0. The van der Waals surface area contributed by atoms with Gasteiger partial charge in [-0.3, -0.25) is 0 Å². The van der Waals surface area contributed by atoms with Crippen molar-refractivity contribution in [1.82, 2.24) is 0 Å². The van der Waals surface area contributed by atoms with Gasteiger partial charge in [0.2, 0.25) is 0 Å². The number of nitrogens with two attached hydrogens (primary N) is 1. The van der Waals surface area contributed by atoms with Crippen molar-refractivity contribution >= 4 is 5.71 Å². The largest absolute Gasteiger partial charge is 0.508 e. The van der Waals surface area contributed by atoms with Crippen LogP contribution in [0, 0.1) is 0 Å². The highest BCUT2D eigenvalue weighted by Gasteiger charge is 2.24. The van der Waals surface area contributed by atoms with Crippen molar-refractivity contribution in [3.63, 3.8) is 0 Å². The molecule has 78 valence electrons. The Kier molecular flexibility index (Phi) is 1.74. The van der Waals surface area contributed by atoms with E-state index in [-0.39, 0.29) is 5.75 Å². The number of rotatable bonds is 0. The molecular formula is C13H10N2O. The van der Waals surface area contributed by atoms with Gasteiger partial charge in [-0.1, -0.05) is 24.3 Å². The number of hydrogen-bond acceptors (Lipinski definition) is 3. The molecule has 0 amide bonds. The Morgan fingerprint density at radius 2 is 1.56 bits per heavy atom. The zero-order valence-corrected chi connectivity index (χ0v) is 8.51. The third-order valence-electron chi connectivity index (χ3n) is 2.86. The van der Waals surface area contributed by atoms with Crippen molar-refractivity contribution in [2.75, 3.05) is 0 Å². The Bertz CT molecular complexity index is 603. The van der Waals surface area contributed by atoms with E-state index in [4.69, 9.17) is 5.84 Å². The molecule has 3 rings (SSSR count). The zero-order valence-electron chi connectivity index (χ0n) is 8.51. The van der Waals surface area contributed by atoms with Gasteiger partial charge in [0.1, 0.15) is 5.75 Å². The topological polar surface area (TPSA) is 58.6 Å². The van der Waals surface area contributed by atoms with Crippen LogP contribution < -0.4 is 5.84 Å². The minimum Gasteiger partial charge on any atom is -0.508 e. The molecule has 3 nitrogen and oxygen atoms in total. The molecule has 3 heteroatoms. The van der Waals surface area contributed by atoms with Crippen molar-refractivity contribution in [2.45, 2.75) is 0 Å². The van der Waals surface area contributed by atoms with Crippen molar-refractivity contribution < 1.29 is 5.11 Å². The maximum absolute atomic E-state index is 9.51. The van der Waals surface area contributed by atoms with Crippen LogP contribution in [0.4, 0.5) is 0 Å². The highest BCUT2D eigenvalue weighted by Crippen LogP contribution is 2.38. The molecule has 2 aromatic carbocycles. The lowest BCUT2D eigenvalue weighted by Crippen LogP contribution is -2.01. The Hall–Kier alpha value is -2.29. The second-order valence-electron chi connectivity index (χ2n) is 3.75. The molecule has 0 heterocycles. The van der Waals surface area contributed by atoms with Crippen LogP contribution in [-0.2, 0) is 0 Å². The molecule has 0 aliphatic heterocycles. The van der Waals surface area contributed by atoms with Gasteiger partial charge >= 0.3 is 0 Å². The fourth-order valence-electron chi connectivity index (χ4n) is 2.17. The van der Waals surface area contributed by atoms with E-state index in [0.29, 0.717) is 0 Å². The summed E-state index contributed by atoms with van der Waals surface area (Å²) in [5.74, 6) is 5.68.